The molecule has 1 aliphatic heterocycles. The van der Waals surface area contributed by atoms with Gasteiger partial charge in [0, 0.05) is 10.6 Å². The Kier molecular flexibility index (Phi) is 7.41. The first kappa shape index (κ1) is 27.5. The number of benzene rings is 4. The third kappa shape index (κ3) is 5.11. The van der Waals surface area contributed by atoms with Crippen molar-refractivity contribution in [2.75, 3.05) is 12.0 Å². The summed E-state index contributed by atoms with van der Waals surface area (Å²) >= 11 is 7.37. The number of ketones is 1. The Hall–Kier alpha value is -4.66. The summed E-state index contributed by atoms with van der Waals surface area (Å²) in [5.41, 5.74) is 3.60. The number of amides is 1. The molecule has 1 aliphatic rings. The molecule has 0 radical (unpaired) electrons. The highest BCUT2D eigenvalue weighted by molar-refractivity contribution is 7.22. The van der Waals surface area contributed by atoms with Gasteiger partial charge in [0.2, 0.25) is 0 Å². The topological polar surface area (TPSA) is 89.0 Å². The number of hydrogen-bond acceptors (Lipinski definition) is 7. The number of anilines is 1. The third-order valence-corrected chi connectivity index (χ3v) is 8.31. The highest BCUT2D eigenvalue weighted by Crippen LogP contribution is 2.46. The van der Waals surface area contributed by atoms with Gasteiger partial charge in [-0.25, -0.2) is 4.98 Å². The van der Waals surface area contributed by atoms with Crippen LogP contribution in [-0.4, -0.2) is 28.9 Å². The van der Waals surface area contributed by atoms with E-state index >= 15 is 0 Å². The monoisotopic (exact) mass is 596 g/mol. The number of thiazole rings is 1. The number of aliphatic hydroxyl groups excluding tert-OH is 1. The summed E-state index contributed by atoms with van der Waals surface area (Å²) in [6.45, 7) is 2.31. The summed E-state index contributed by atoms with van der Waals surface area (Å²) in [6.07, 6.45) is 0. The zero-order valence-electron chi connectivity index (χ0n) is 22.7. The van der Waals surface area contributed by atoms with Crippen LogP contribution in [0.3, 0.4) is 0 Å². The van der Waals surface area contributed by atoms with Crippen molar-refractivity contribution < 1.29 is 24.2 Å². The van der Waals surface area contributed by atoms with Crippen molar-refractivity contribution in [3.63, 3.8) is 0 Å². The van der Waals surface area contributed by atoms with Gasteiger partial charge >= 0.3 is 5.91 Å². The summed E-state index contributed by atoms with van der Waals surface area (Å²) < 4.78 is 12.6. The van der Waals surface area contributed by atoms with Crippen LogP contribution in [0.25, 0.3) is 16.0 Å². The van der Waals surface area contributed by atoms with Crippen LogP contribution in [0.15, 0.2) is 96.6 Å². The lowest BCUT2D eigenvalue weighted by Gasteiger charge is -2.24. The van der Waals surface area contributed by atoms with Gasteiger partial charge in [0.25, 0.3) is 5.78 Å². The average Bonchev–Trinajstić information content (AvgIpc) is 3.53. The molecule has 1 aromatic heterocycles. The molecule has 4 aromatic carbocycles. The van der Waals surface area contributed by atoms with Gasteiger partial charge in [0.15, 0.2) is 16.6 Å². The Labute approximate surface area is 251 Å². The van der Waals surface area contributed by atoms with Crippen LogP contribution in [0, 0.1) is 6.92 Å². The minimum absolute atomic E-state index is 0.0576. The van der Waals surface area contributed by atoms with E-state index in [1.807, 2.05) is 55.5 Å². The summed E-state index contributed by atoms with van der Waals surface area (Å²) in [5.74, 6) is -0.991. The molecule has 0 spiro atoms. The number of aliphatic hydroxyl groups is 1. The number of hydrogen-bond donors (Lipinski definition) is 1. The fraction of sp³-hybridized carbons (Fsp3) is 0.121. The van der Waals surface area contributed by atoms with E-state index < -0.39 is 17.7 Å². The Morgan fingerprint density at radius 3 is 2.48 bits per heavy atom. The molecule has 0 aliphatic carbocycles. The molecule has 2 heterocycles. The van der Waals surface area contributed by atoms with E-state index in [4.69, 9.17) is 26.1 Å². The molecule has 5 aromatic rings. The van der Waals surface area contributed by atoms with Gasteiger partial charge in [-0.1, -0.05) is 65.4 Å². The molecule has 1 N–H and O–H groups in total. The standard InChI is InChI=1S/C33H25ClN2O5S/c1-19-8-14-24-27(16-19)42-33(35-24)36-29(28(31(38)32(36)39)30(37)21-9-12-23(34)13-10-21)22-11-15-25(26(17-22)40-2)41-18-20-6-4-3-5-7-20/h3-17,29,37H,18H2,1-2H3/b30-28+. The molecule has 0 bridgehead atoms. The van der Waals surface area contributed by atoms with E-state index in [0.717, 1.165) is 15.8 Å². The second-order valence-electron chi connectivity index (χ2n) is 9.83. The summed E-state index contributed by atoms with van der Waals surface area (Å²) in [7, 11) is 1.52. The number of carbonyl (C=O) groups excluding carboxylic acids is 2. The van der Waals surface area contributed by atoms with Crippen molar-refractivity contribution in [2.45, 2.75) is 19.6 Å². The molecule has 6 rings (SSSR count). The second kappa shape index (κ2) is 11.3. The normalized spacial score (nSPS) is 16.3. The molecule has 42 heavy (non-hydrogen) atoms. The van der Waals surface area contributed by atoms with Gasteiger partial charge in [-0.2, -0.15) is 0 Å². The molecule has 210 valence electrons. The van der Waals surface area contributed by atoms with Gasteiger partial charge in [-0.3, -0.25) is 14.5 Å². The molecule has 1 unspecified atom stereocenters. The molecule has 0 saturated carbocycles. The van der Waals surface area contributed by atoms with E-state index in [-0.39, 0.29) is 11.3 Å². The van der Waals surface area contributed by atoms with Crippen molar-refractivity contribution >= 4 is 55.7 Å². The van der Waals surface area contributed by atoms with Gasteiger partial charge in [-0.15, -0.1) is 0 Å². The number of fused-ring (bicyclic) bond motifs is 1. The summed E-state index contributed by atoms with van der Waals surface area (Å²) in [6, 6.07) is 26.2. The first-order valence-electron chi connectivity index (χ1n) is 13.1. The average molecular weight is 597 g/mol. The van der Waals surface area contributed by atoms with Crippen LogP contribution >= 0.6 is 22.9 Å². The number of carbonyl (C=O) groups is 2. The van der Waals surface area contributed by atoms with Gasteiger partial charge in [0.05, 0.1) is 28.9 Å². The molecule has 7 nitrogen and oxygen atoms in total. The lowest BCUT2D eigenvalue weighted by Crippen LogP contribution is -2.29. The SMILES string of the molecule is COc1cc(C2/C(=C(\O)c3ccc(Cl)cc3)C(=O)C(=O)N2c2nc3ccc(C)cc3s2)ccc1OCc1ccccc1. The molecule has 1 atom stereocenters. The molecular formula is C33H25ClN2O5S. The number of ether oxygens (including phenoxy) is 2. The van der Waals surface area contributed by atoms with Crippen LogP contribution < -0.4 is 14.4 Å². The molecule has 1 saturated heterocycles. The largest absolute Gasteiger partial charge is 0.507 e. The minimum atomic E-state index is -0.973. The van der Waals surface area contributed by atoms with Gasteiger partial charge < -0.3 is 14.6 Å². The first-order chi connectivity index (χ1) is 20.3. The summed E-state index contributed by atoms with van der Waals surface area (Å²) in [4.78, 5) is 33.3. The molecular weight excluding hydrogens is 572 g/mol. The number of aromatic nitrogens is 1. The Morgan fingerprint density at radius 2 is 1.74 bits per heavy atom. The maximum absolute atomic E-state index is 13.6. The van der Waals surface area contributed by atoms with Crippen molar-refractivity contribution in [1.82, 2.24) is 4.98 Å². The van der Waals surface area contributed by atoms with E-state index in [0.29, 0.717) is 44.9 Å². The quantitative estimate of drug-likeness (QED) is 0.119. The number of nitrogens with zero attached hydrogens (tertiary/aromatic N) is 2. The fourth-order valence-electron chi connectivity index (χ4n) is 4.94. The Morgan fingerprint density at radius 1 is 0.976 bits per heavy atom. The zero-order chi connectivity index (χ0) is 29.4. The first-order valence-corrected chi connectivity index (χ1v) is 14.3. The maximum atomic E-state index is 13.6. The number of aryl methyl sites for hydroxylation is 1. The lowest BCUT2D eigenvalue weighted by molar-refractivity contribution is -0.132. The molecule has 9 heteroatoms. The highest BCUT2D eigenvalue weighted by atomic mass is 35.5. The van der Waals surface area contributed by atoms with E-state index in [1.54, 1.807) is 42.5 Å². The van der Waals surface area contributed by atoms with Crippen molar-refractivity contribution in [3.8, 4) is 11.5 Å². The predicted molar refractivity (Wildman–Crippen MR) is 164 cm³/mol. The van der Waals surface area contributed by atoms with Crippen molar-refractivity contribution in [3.05, 3.63) is 124 Å². The maximum Gasteiger partial charge on any atom is 0.301 e. The van der Waals surface area contributed by atoms with E-state index in [2.05, 4.69) is 0 Å². The van der Waals surface area contributed by atoms with Crippen molar-refractivity contribution in [2.24, 2.45) is 0 Å². The number of Topliss-reactive ketones (excluding diaryl/α,β-unsaturated/α-hetero) is 1. The Bertz CT molecular complexity index is 1850. The zero-order valence-corrected chi connectivity index (χ0v) is 24.3. The van der Waals surface area contributed by atoms with Crippen LogP contribution in [-0.2, 0) is 16.2 Å². The predicted octanol–water partition coefficient (Wildman–Crippen LogP) is 7.47. The Balaban J connectivity index is 1.48. The minimum Gasteiger partial charge on any atom is -0.507 e. The van der Waals surface area contributed by atoms with E-state index in [1.165, 1.54) is 23.3 Å². The van der Waals surface area contributed by atoms with Crippen LogP contribution in [0.4, 0.5) is 5.13 Å². The van der Waals surface area contributed by atoms with Gasteiger partial charge in [0.1, 0.15) is 12.4 Å². The second-order valence-corrected chi connectivity index (χ2v) is 11.3. The van der Waals surface area contributed by atoms with Gasteiger partial charge in [-0.05, 0) is 72.1 Å². The van der Waals surface area contributed by atoms with Crippen LogP contribution in [0.1, 0.15) is 28.3 Å². The van der Waals surface area contributed by atoms with E-state index in [9.17, 15) is 14.7 Å². The van der Waals surface area contributed by atoms with Crippen molar-refractivity contribution in [1.29, 1.82) is 0 Å². The number of rotatable bonds is 7. The number of methoxy groups -OCH3 is 1. The van der Waals surface area contributed by atoms with Crippen LogP contribution in [0.2, 0.25) is 5.02 Å². The summed E-state index contributed by atoms with van der Waals surface area (Å²) in [5, 5.41) is 12.3. The fourth-order valence-corrected chi connectivity index (χ4v) is 6.16. The third-order valence-electron chi connectivity index (χ3n) is 7.04. The van der Waals surface area contributed by atoms with Crippen LogP contribution in [0.5, 0.6) is 11.5 Å². The smallest absolute Gasteiger partial charge is 0.301 e. The highest BCUT2D eigenvalue weighted by Gasteiger charge is 2.48. The number of halogens is 1. The molecule has 1 amide bonds. The lowest BCUT2D eigenvalue weighted by atomic mass is 9.95. The molecule has 1 fully saturated rings.